The van der Waals surface area contributed by atoms with Crippen LogP contribution in [0.4, 0.5) is 5.69 Å². The van der Waals surface area contributed by atoms with E-state index < -0.39 is 0 Å². The number of nitrogens with zero attached hydrogens (tertiary/aromatic N) is 4. The number of aromatic nitrogens is 3. The van der Waals surface area contributed by atoms with Gasteiger partial charge in [-0.15, -0.1) is 0 Å². The molecule has 2 aromatic heterocycles. The molecule has 1 fully saturated rings. The maximum atomic E-state index is 12.5. The van der Waals surface area contributed by atoms with Crippen LogP contribution in [-0.4, -0.2) is 33.1 Å². The molecule has 1 aliphatic heterocycles. The van der Waals surface area contributed by atoms with Crippen molar-refractivity contribution in [1.82, 2.24) is 20.1 Å². The molecule has 3 heterocycles. The number of benzene rings is 1. The Morgan fingerprint density at radius 1 is 1.19 bits per heavy atom. The van der Waals surface area contributed by atoms with Crippen molar-refractivity contribution < 1.29 is 9.59 Å². The van der Waals surface area contributed by atoms with Gasteiger partial charge in [-0.1, -0.05) is 12.1 Å². The molecule has 0 radical (unpaired) electrons. The molecule has 32 heavy (non-hydrogen) atoms. The van der Waals surface area contributed by atoms with Gasteiger partial charge in [0.05, 0.1) is 6.20 Å². The Bertz CT molecular complexity index is 1150. The molecule has 3 aromatic rings. The fourth-order valence-corrected chi connectivity index (χ4v) is 4.38. The number of hydrogen-bond acceptors (Lipinski definition) is 4. The first-order valence-electron chi connectivity index (χ1n) is 11.3. The monoisotopic (exact) mass is 433 g/mol. The standard InChI is InChI=1S/C25H31N5O2/c1-16(2)30-25-22(15-27-30)17(3)21(18(4)28-25)11-12-23(31)26-14-19-7-9-20(10-8-19)29-13-5-6-24(29)32/h7-10,15-16H,5-6,11-14H2,1-4H3,(H,26,31). The van der Waals surface area contributed by atoms with Crippen molar-refractivity contribution in [3.8, 4) is 0 Å². The SMILES string of the molecule is Cc1nc2c(cnn2C(C)C)c(C)c1CCC(=O)NCc1ccc(N2CCCC2=O)cc1. The molecule has 7 nitrogen and oxygen atoms in total. The van der Waals surface area contributed by atoms with E-state index >= 15 is 0 Å². The third-order valence-corrected chi connectivity index (χ3v) is 6.24. The summed E-state index contributed by atoms with van der Waals surface area (Å²) in [5.41, 5.74) is 6.08. The third-order valence-electron chi connectivity index (χ3n) is 6.24. The van der Waals surface area contributed by atoms with Crippen molar-refractivity contribution in [2.24, 2.45) is 0 Å². The van der Waals surface area contributed by atoms with Gasteiger partial charge in [0.2, 0.25) is 11.8 Å². The summed E-state index contributed by atoms with van der Waals surface area (Å²) < 4.78 is 1.94. The van der Waals surface area contributed by atoms with Crippen LogP contribution in [0.5, 0.6) is 0 Å². The first-order chi connectivity index (χ1) is 15.3. The maximum absolute atomic E-state index is 12.5. The van der Waals surface area contributed by atoms with E-state index in [9.17, 15) is 9.59 Å². The minimum atomic E-state index is 0.0144. The second kappa shape index (κ2) is 9.10. The van der Waals surface area contributed by atoms with Crippen LogP contribution in [0.15, 0.2) is 30.5 Å². The number of aryl methyl sites for hydroxylation is 2. The summed E-state index contributed by atoms with van der Waals surface area (Å²) >= 11 is 0. The van der Waals surface area contributed by atoms with Gasteiger partial charge in [-0.2, -0.15) is 5.10 Å². The number of carbonyl (C=O) groups excluding carboxylic acids is 2. The lowest BCUT2D eigenvalue weighted by Crippen LogP contribution is -2.24. The Hall–Kier alpha value is -3.22. The Labute approximate surface area is 188 Å². The van der Waals surface area contributed by atoms with Crippen molar-refractivity contribution in [3.63, 3.8) is 0 Å². The zero-order valence-electron chi connectivity index (χ0n) is 19.3. The van der Waals surface area contributed by atoms with Gasteiger partial charge in [-0.25, -0.2) is 9.67 Å². The van der Waals surface area contributed by atoms with E-state index in [1.165, 1.54) is 0 Å². The van der Waals surface area contributed by atoms with Crippen molar-refractivity contribution >= 4 is 28.5 Å². The third kappa shape index (κ3) is 4.38. The zero-order chi connectivity index (χ0) is 22.8. The van der Waals surface area contributed by atoms with E-state index in [1.807, 2.05) is 47.0 Å². The fourth-order valence-electron chi connectivity index (χ4n) is 4.38. The summed E-state index contributed by atoms with van der Waals surface area (Å²) in [6.07, 6.45) is 4.47. The topological polar surface area (TPSA) is 80.1 Å². The van der Waals surface area contributed by atoms with E-state index in [-0.39, 0.29) is 17.9 Å². The molecule has 0 atom stereocenters. The van der Waals surface area contributed by atoms with Crippen LogP contribution in [0.1, 0.15) is 61.5 Å². The first kappa shape index (κ1) is 22.0. The number of rotatable bonds is 7. The molecule has 168 valence electrons. The Morgan fingerprint density at radius 3 is 2.59 bits per heavy atom. The Kier molecular flexibility index (Phi) is 6.26. The molecular weight excluding hydrogens is 402 g/mol. The molecule has 1 aromatic carbocycles. The van der Waals surface area contributed by atoms with Crippen LogP contribution < -0.4 is 10.2 Å². The molecule has 0 bridgehead atoms. The van der Waals surface area contributed by atoms with Gasteiger partial charge < -0.3 is 10.2 Å². The Balaban J connectivity index is 1.35. The van der Waals surface area contributed by atoms with Gasteiger partial charge in [-0.3, -0.25) is 9.59 Å². The minimum absolute atomic E-state index is 0.0144. The van der Waals surface area contributed by atoms with E-state index in [0.29, 0.717) is 25.8 Å². The first-order valence-corrected chi connectivity index (χ1v) is 11.3. The van der Waals surface area contributed by atoms with Crippen LogP contribution in [-0.2, 0) is 22.6 Å². The molecule has 7 heteroatoms. The largest absolute Gasteiger partial charge is 0.352 e. The highest BCUT2D eigenvalue weighted by Crippen LogP contribution is 2.25. The summed E-state index contributed by atoms with van der Waals surface area (Å²) in [7, 11) is 0. The van der Waals surface area contributed by atoms with E-state index in [2.05, 4.69) is 31.2 Å². The summed E-state index contributed by atoms with van der Waals surface area (Å²) in [6, 6.07) is 8.10. The average molecular weight is 434 g/mol. The number of pyridine rings is 1. The van der Waals surface area contributed by atoms with Crippen LogP contribution in [0.2, 0.25) is 0 Å². The number of fused-ring (bicyclic) bond motifs is 1. The van der Waals surface area contributed by atoms with E-state index in [1.54, 1.807) is 0 Å². The summed E-state index contributed by atoms with van der Waals surface area (Å²) in [4.78, 5) is 31.0. The van der Waals surface area contributed by atoms with Crippen LogP contribution in [0.25, 0.3) is 11.0 Å². The molecule has 0 aliphatic carbocycles. The number of nitrogens with one attached hydrogen (secondary N) is 1. The smallest absolute Gasteiger partial charge is 0.227 e. The lowest BCUT2D eigenvalue weighted by molar-refractivity contribution is -0.121. The molecule has 0 spiro atoms. The quantitative estimate of drug-likeness (QED) is 0.611. The van der Waals surface area contributed by atoms with Crippen molar-refractivity contribution in [1.29, 1.82) is 0 Å². The normalized spacial score (nSPS) is 14.0. The maximum Gasteiger partial charge on any atom is 0.227 e. The molecule has 1 aliphatic rings. The molecule has 4 rings (SSSR count). The summed E-state index contributed by atoms with van der Waals surface area (Å²) in [5, 5.41) is 8.54. The second-order valence-electron chi connectivity index (χ2n) is 8.81. The van der Waals surface area contributed by atoms with Crippen molar-refractivity contribution in [3.05, 3.63) is 52.8 Å². The molecule has 0 unspecified atom stereocenters. The number of carbonyl (C=O) groups is 2. The number of anilines is 1. The zero-order valence-corrected chi connectivity index (χ0v) is 19.3. The molecule has 1 N–H and O–H groups in total. The fraction of sp³-hybridized carbons (Fsp3) is 0.440. The lowest BCUT2D eigenvalue weighted by Gasteiger charge is -2.16. The van der Waals surface area contributed by atoms with E-state index in [0.717, 1.165) is 52.1 Å². The highest BCUT2D eigenvalue weighted by atomic mass is 16.2. The predicted molar refractivity (Wildman–Crippen MR) is 126 cm³/mol. The summed E-state index contributed by atoms with van der Waals surface area (Å²) in [5.74, 6) is 0.196. The highest BCUT2D eigenvalue weighted by Gasteiger charge is 2.21. The summed E-state index contributed by atoms with van der Waals surface area (Å²) in [6.45, 7) is 9.54. The highest BCUT2D eigenvalue weighted by molar-refractivity contribution is 5.95. The molecule has 1 saturated heterocycles. The van der Waals surface area contributed by atoms with Crippen LogP contribution >= 0.6 is 0 Å². The van der Waals surface area contributed by atoms with Crippen LogP contribution in [0, 0.1) is 13.8 Å². The van der Waals surface area contributed by atoms with Gasteiger partial charge in [0, 0.05) is 48.7 Å². The lowest BCUT2D eigenvalue weighted by atomic mass is 10.0. The van der Waals surface area contributed by atoms with Gasteiger partial charge in [0.1, 0.15) is 0 Å². The van der Waals surface area contributed by atoms with Crippen molar-refractivity contribution in [2.45, 2.75) is 66.0 Å². The van der Waals surface area contributed by atoms with Gasteiger partial charge >= 0.3 is 0 Å². The van der Waals surface area contributed by atoms with Gasteiger partial charge in [0.25, 0.3) is 0 Å². The Morgan fingerprint density at radius 2 is 1.94 bits per heavy atom. The number of amides is 2. The van der Waals surface area contributed by atoms with Crippen molar-refractivity contribution in [2.75, 3.05) is 11.4 Å². The van der Waals surface area contributed by atoms with Gasteiger partial charge in [0.15, 0.2) is 5.65 Å². The molecule has 0 saturated carbocycles. The number of hydrogen-bond donors (Lipinski definition) is 1. The van der Waals surface area contributed by atoms with Crippen LogP contribution in [0.3, 0.4) is 0 Å². The predicted octanol–water partition coefficient (Wildman–Crippen LogP) is 4.00. The van der Waals surface area contributed by atoms with E-state index in [4.69, 9.17) is 4.98 Å². The van der Waals surface area contributed by atoms with Gasteiger partial charge in [-0.05, 0) is 69.4 Å². The molecular formula is C25H31N5O2. The minimum Gasteiger partial charge on any atom is -0.352 e. The molecule has 2 amide bonds. The average Bonchev–Trinajstić information content (AvgIpc) is 3.39. The second-order valence-corrected chi connectivity index (χ2v) is 8.81.